The number of unbranched alkanes of at least 4 members (excludes halogenated alkanes) is 1. The molecule has 0 aliphatic carbocycles. The van der Waals surface area contributed by atoms with E-state index in [0.717, 1.165) is 12.8 Å². The predicted octanol–water partition coefficient (Wildman–Crippen LogP) is 2.40. The lowest BCUT2D eigenvalue weighted by molar-refractivity contribution is -0.134. The van der Waals surface area contributed by atoms with Gasteiger partial charge >= 0.3 is 6.09 Å². The number of hydrogen-bond donors (Lipinski definition) is 1. The number of halogens is 1. The van der Waals surface area contributed by atoms with E-state index in [0.29, 0.717) is 50.5 Å². The highest BCUT2D eigenvalue weighted by atomic mass is 19.1. The molecule has 0 bridgehead atoms. The van der Waals surface area contributed by atoms with Crippen molar-refractivity contribution in [3.05, 3.63) is 29.6 Å². The summed E-state index contributed by atoms with van der Waals surface area (Å²) >= 11 is 0. The van der Waals surface area contributed by atoms with Gasteiger partial charge in [0.1, 0.15) is 5.82 Å². The Bertz CT molecular complexity index is 747. The summed E-state index contributed by atoms with van der Waals surface area (Å²) in [7, 11) is 0. The Balaban J connectivity index is 1.59. The molecule has 1 N–H and O–H groups in total. The van der Waals surface area contributed by atoms with Crippen LogP contribution in [-0.4, -0.2) is 55.6 Å². The predicted molar refractivity (Wildman–Crippen MR) is 102 cm³/mol. The Morgan fingerprint density at radius 3 is 2.64 bits per heavy atom. The molecule has 0 radical (unpaired) electrons. The molecule has 0 aromatic heterocycles. The van der Waals surface area contributed by atoms with E-state index in [9.17, 15) is 18.8 Å². The lowest BCUT2D eigenvalue weighted by atomic mass is 9.90. The van der Waals surface area contributed by atoms with Crippen LogP contribution in [0, 0.1) is 5.82 Å². The van der Waals surface area contributed by atoms with Crippen LogP contribution >= 0.6 is 0 Å². The number of carbonyl (C=O) groups excluding carboxylic acids is 3. The number of anilines is 1. The van der Waals surface area contributed by atoms with E-state index in [1.165, 1.54) is 6.07 Å². The zero-order chi connectivity index (χ0) is 20.1. The topological polar surface area (TPSA) is 79.0 Å². The molecule has 2 heterocycles. The largest absolute Gasteiger partial charge is 0.449 e. The zero-order valence-corrected chi connectivity index (χ0v) is 16.1. The lowest BCUT2D eigenvalue weighted by Crippen LogP contribution is -2.49. The number of piperazine rings is 1. The molecule has 3 rings (SSSR count). The monoisotopic (exact) mass is 391 g/mol. The van der Waals surface area contributed by atoms with Crippen molar-refractivity contribution in [2.75, 3.05) is 37.7 Å². The molecule has 7 nitrogen and oxygen atoms in total. The third-order valence-electron chi connectivity index (χ3n) is 5.22. The maximum Gasteiger partial charge on any atom is 0.409 e. The standard InChI is InChI=1S/C20H26FN3O4/c1-2-3-12-28-20(27)24-10-8-23(9-11-24)17-6-4-14(13-16(17)21)15-5-7-18(25)22-19(15)26/h4,6,13,15H,2-3,5,7-12H2,1H3,(H,22,25,26). The quantitative estimate of drug-likeness (QED) is 0.616. The van der Waals surface area contributed by atoms with E-state index in [4.69, 9.17) is 4.74 Å². The van der Waals surface area contributed by atoms with Gasteiger partial charge < -0.3 is 14.5 Å². The number of piperidine rings is 1. The summed E-state index contributed by atoms with van der Waals surface area (Å²) in [5.41, 5.74) is 1.03. The van der Waals surface area contributed by atoms with Crippen LogP contribution in [0.25, 0.3) is 0 Å². The number of ether oxygens (including phenoxy) is 1. The van der Waals surface area contributed by atoms with Crippen molar-refractivity contribution in [1.82, 2.24) is 10.2 Å². The third kappa shape index (κ3) is 4.61. The summed E-state index contributed by atoms with van der Waals surface area (Å²) in [6, 6.07) is 4.79. The van der Waals surface area contributed by atoms with E-state index >= 15 is 0 Å². The third-order valence-corrected chi connectivity index (χ3v) is 5.22. The summed E-state index contributed by atoms with van der Waals surface area (Å²) in [5, 5.41) is 2.30. The number of nitrogens with zero attached hydrogens (tertiary/aromatic N) is 2. The van der Waals surface area contributed by atoms with Crippen LogP contribution in [0.1, 0.15) is 44.1 Å². The van der Waals surface area contributed by atoms with Crippen LogP contribution in [-0.2, 0) is 14.3 Å². The maximum absolute atomic E-state index is 14.7. The molecule has 2 aliphatic heterocycles. The zero-order valence-electron chi connectivity index (χ0n) is 16.1. The van der Waals surface area contributed by atoms with Crippen molar-refractivity contribution >= 4 is 23.6 Å². The van der Waals surface area contributed by atoms with Gasteiger partial charge in [0, 0.05) is 32.6 Å². The average molecular weight is 391 g/mol. The molecule has 28 heavy (non-hydrogen) atoms. The first-order chi connectivity index (χ1) is 13.5. The van der Waals surface area contributed by atoms with Gasteiger partial charge in [-0.15, -0.1) is 0 Å². The van der Waals surface area contributed by atoms with E-state index in [-0.39, 0.29) is 24.3 Å². The van der Waals surface area contributed by atoms with Gasteiger partial charge in [0.2, 0.25) is 11.8 Å². The van der Waals surface area contributed by atoms with Crippen LogP contribution < -0.4 is 10.2 Å². The summed E-state index contributed by atoms with van der Waals surface area (Å²) < 4.78 is 19.9. The minimum Gasteiger partial charge on any atom is -0.449 e. The van der Waals surface area contributed by atoms with Gasteiger partial charge in [-0.1, -0.05) is 19.4 Å². The Morgan fingerprint density at radius 2 is 2.00 bits per heavy atom. The number of amides is 3. The molecule has 2 saturated heterocycles. The van der Waals surface area contributed by atoms with Gasteiger partial charge in [-0.25, -0.2) is 9.18 Å². The smallest absolute Gasteiger partial charge is 0.409 e. The van der Waals surface area contributed by atoms with Crippen LogP contribution in [0.2, 0.25) is 0 Å². The first kappa shape index (κ1) is 20.1. The minimum absolute atomic E-state index is 0.260. The first-order valence-electron chi connectivity index (χ1n) is 9.79. The number of hydrogen-bond acceptors (Lipinski definition) is 5. The van der Waals surface area contributed by atoms with E-state index in [2.05, 4.69) is 5.32 Å². The number of rotatable bonds is 5. The summed E-state index contributed by atoms with van der Waals surface area (Å²) in [6.07, 6.45) is 2.14. The molecule has 1 aromatic carbocycles. The molecule has 3 amide bonds. The van der Waals surface area contributed by atoms with Crippen molar-refractivity contribution < 1.29 is 23.5 Å². The summed E-state index contributed by atoms with van der Waals surface area (Å²) in [4.78, 5) is 38.8. The number of carbonyl (C=O) groups is 3. The second kappa shape index (κ2) is 9.03. The van der Waals surface area contributed by atoms with Crippen molar-refractivity contribution in [2.24, 2.45) is 0 Å². The highest BCUT2D eigenvalue weighted by molar-refractivity contribution is 6.00. The normalized spacial score (nSPS) is 20.1. The molecule has 1 unspecified atom stereocenters. The van der Waals surface area contributed by atoms with Gasteiger partial charge in [-0.05, 0) is 30.5 Å². The molecule has 8 heteroatoms. The van der Waals surface area contributed by atoms with Crippen molar-refractivity contribution in [1.29, 1.82) is 0 Å². The molecule has 152 valence electrons. The second-order valence-corrected chi connectivity index (χ2v) is 7.16. The SMILES string of the molecule is CCCCOC(=O)N1CCN(c2ccc(C3CCC(=O)NC3=O)cc2F)CC1. The van der Waals surface area contributed by atoms with Crippen molar-refractivity contribution in [3.63, 3.8) is 0 Å². The van der Waals surface area contributed by atoms with Gasteiger partial charge in [0.15, 0.2) is 0 Å². The van der Waals surface area contributed by atoms with Crippen molar-refractivity contribution in [3.8, 4) is 0 Å². The molecule has 2 fully saturated rings. The van der Waals surface area contributed by atoms with Gasteiger partial charge in [-0.2, -0.15) is 0 Å². The van der Waals surface area contributed by atoms with Crippen LogP contribution in [0.5, 0.6) is 0 Å². The minimum atomic E-state index is -0.504. The molecule has 0 saturated carbocycles. The fraction of sp³-hybridized carbons (Fsp3) is 0.550. The fourth-order valence-electron chi connectivity index (χ4n) is 3.53. The number of imide groups is 1. The molecule has 1 atom stereocenters. The van der Waals surface area contributed by atoms with Gasteiger partial charge in [-0.3, -0.25) is 14.9 Å². The molecular formula is C20H26FN3O4. The highest BCUT2D eigenvalue weighted by Crippen LogP contribution is 2.29. The first-order valence-corrected chi connectivity index (χ1v) is 9.79. The van der Waals surface area contributed by atoms with Crippen LogP contribution in [0.3, 0.4) is 0 Å². The van der Waals surface area contributed by atoms with E-state index < -0.39 is 11.7 Å². The van der Waals surface area contributed by atoms with Crippen LogP contribution in [0.4, 0.5) is 14.9 Å². The fourth-order valence-corrected chi connectivity index (χ4v) is 3.53. The summed E-state index contributed by atoms with van der Waals surface area (Å²) in [5.74, 6) is -1.57. The summed E-state index contributed by atoms with van der Waals surface area (Å²) in [6.45, 7) is 4.42. The van der Waals surface area contributed by atoms with E-state index in [1.54, 1.807) is 17.0 Å². The molecular weight excluding hydrogens is 365 g/mol. The molecule has 1 aromatic rings. The Morgan fingerprint density at radius 1 is 1.25 bits per heavy atom. The lowest BCUT2D eigenvalue weighted by Gasteiger charge is -2.35. The Kier molecular flexibility index (Phi) is 6.49. The number of benzene rings is 1. The van der Waals surface area contributed by atoms with Gasteiger partial charge in [0.05, 0.1) is 18.2 Å². The Labute approximate surface area is 163 Å². The maximum atomic E-state index is 14.7. The van der Waals surface area contributed by atoms with Gasteiger partial charge in [0.25, 0.3) is 0 Å². The van der Waals surface area contributed by atoms with Crippen LogP contribution in [0.15, 0.2) is 18.2 Å². The molecule has 0 spiro atoms. The van der Waals surface area contributed by atoms with E-state index in [1.807, 2.05) is 11.8 Å². The molecule has 2 aliphatic rings. The Hall–Kier alpha value is -2.64. The highest BCUT2D eigenvalue weighted by Gasteiger charge is 2.29. The van der Waals surface area contributed by atoms with Crippen molar-refractivity contribution in [2.45, 2.75) is 38.5 Å². The number of nitrogens with one attached hydrogen (secondary N) is 1. The average Bonchev–Trinajstić information content (AvgIpc) is 2.68. The second-order valence-electron chi connectivity index (χ2n) is 7.16.